The van der Waals surface area contributed by atoms with Gasteiger partial charge in [-0.15, -0.1) is 0 Å². The van der Waals surface area contributed by atoms with E-state index >= 15 is 0 Å². The number of ether oxygens (including phenoxy) is 1. The Morgan fingerprint density at radius 3 is 2.30 bits per heavy atom. The van der Waals surface area contributed by atoms with Crippen molar-refractivity contribution in [2.75, 3.05) is 7.11 Å². The summed E-state index contributed by atoms with van der Waals surface area (Å²) < 4.78 is 32.5. The highest BCUT2D eigenvalue weighted by atomic mass is 127. The zero-order valence-electron chi connectivity index (χ0n) is 11.6. The summed E-state index contributed by atoms with van der Waals surface area (Å²) in [6, 6.07) is 5.54. The number of sulfonamides is 1. The van der Waals surface area contributed by atoms with Gasteiger partial charge in [0.15, 0.2) is 0 Å². The maximum Gasteiger partial charge on any atom is 0.323 e. The Hall–Kier alpha value is -0.670. The zero-order chi connectivity index (χ0) is 15.3. The zero-order valence-corrected chi connectivity index (χ0v) is 14.6. The highest BCUT2D eigenvalue weighted by Gasteiger charge is 2.27. The molecule has 1 aromatic rings. The van der Waals surface area contributed by atoms with Gasteiger partial charge >= 0.3 is 5.97 Å². The lowest BCUT2D eigenvalue weighted by Crippen LogP contribution is -2.42. The summed E-state index contributed by atoms with van der Waals surface area (Å²) in [6.45, 7) is 3.82. The smallest absolute Gasteiger partial charge is 0.323 e. The lowest BCUT2D eigenvalue weighted by atomic mass is 10.1. The van der Waals surface area contributed by atoms with Gasteiger partial charge in [-0.3, -0.25) is 4.79 Å². The summed E-state index contributed by atoms with van der Waals surface area (Å²) in [7, 11) is -2.49. The van der Waals surface area contributed by atoms with Crippen LogP contribution in [-0.4, -0.2) is 27.5 Å². The Labute approximate surface area is 133 Å². The summed E-state index contributed by atoms with van der Waals surface area (Å²) in [6.07, 6.45) is 0.385. The first-order valence-corrected chi connectivity index (χ1v) is 8.68. The number of carbonyl (C=O) groups is 1. The van der Waals surface area contributed by atoms with Gasteiger partial charge in [-0.2, -0.15) is 4.72 Å². The van der Waals surface area contributed by atoms with Gasteiger partial charge in [0.1, 0.15) is 6.04 Å². The molecule has 0 aromatic heterocycles. The molecule has 0 unspecified atom stereocenters. The molecule has 0 amide bonds. The number of hydrogen-bond donors (Lipinski definition) is 1. The van der Waals surface area contributed by atoms with Crippen LogP contribution >= 0.6 is 22.6 Å². The van der Waals surface area contributed by atoms with Crippen molar-refractivity contribution in [3.63, 3.8) is 0 Å². The molecule has 20 heavy (non-hydrogen) atoms. The lowest BCUT2D eigenvalue weighted by Gasteiger charge is -2.18. The number of halogens is 1. The topological polar surface area (TPSA) is 72.5 Å². The van der Waals surface area contributed by atoms with Crippen molar-refractivity contribution in [2.45, 2.75) is 31.2 Å². The second-order valence-corrected chi connectivity index (χ2v) is 7.74. The second kappa shape index (κ2) is 7.37. The van der Waals surface area contributed by atoms with Crippen LogP contribution in [-0.2, 0) is 19.6 Å². The fraction of sp³-hybridized carbons (Fsp3) is 0.462. The van der Waals surface area contributed by atoms with Crippen molar-refractivity contribution in [3.05, 3.63) is 27.8 Å². The number of methoxy groups -OCH3 is 1. The van der Waals surface area contributed by atoms with E-state index in [4.69, 9.17) is 0 Å². The molecule has 0 heterocycles. The van der Waals surface area contributed by atoms with Crippen molar-refractivity contribution in [3.8, 4) is 0 Å². The van der Waals surface area contributed by atoms with E-state index in [2.05, 4.69) is 32.0 Å². The lowest BCUT2D eigenvalue weighted by molar-refractivity contribution is -0.143. The maximum atomic E-state index is 12.2. The molecule has 0 saturated heterocycles. The number of rotatable bonds is 6. The highest BCUT2D eigenvalue weighted by molar-refractivity contribution is 14.1. The number of carbonyl (C=O) groups excluding carboxylic acids is 1. The molecule has 0 spiro atoms. The maximum absolute atomic E-state index is 12.2. The molecular weight excluding hydrogens is 393 g/mol. The minimum absolute atomic E-state index is 0.135. The van der Waals surface area contributed by atoms with E-state index in [-0.39, 0.29) is 10.8 Å². The first kappa shape index (κ1) is 17.4. The third-order valence-electron chi connectivity index (χ3n) is 2.61. The van der Waals surface area contributed by atoms with Crippen LogP contribution < -0.4 is 4.72 Å². The van der Waals surface area contributed by atoms with Gasteiger partial charge in [-0.05, 0) is 59.2 Å². The average Bonchev–Trinajstić information content (AvgIpc) is 2.36. The van der Waals surface area contributed by atoms with E-state index in [0.29, 0.717) is 6.42 Å². The van der Waals surface area contributed by atoms with Crippen LogP contribution in [0, 0.1) is 9.49 Å². The number of esters is 1. The summed E-state index contributed by atoms with van der Waals surface area (Å²) in [5.74, 6) is -0.411. The molecule has 0 aliphatic rings. The largest absolute Gasteiger partial charge is 0.468 e. The monoisotopic (exact) mass is 411 g/mol. The number of benzene rings is 1. The molecule has 1 atom stereocenters. The minimum atomic E-state index is -3.73. The SMILES string of the molecule is COC(=O)[C@H](CC(C)C)NS(=O)(=O)c1ccc(I)cc1. The van der Waals surface area contributed by atoms with E-state index in [1.807, 2.05) is 13.8 Å². The molecule has 0 fully saturated rings. The van der Waals surface area contributed by atoms with E-state index in [1.165, 1.54) is 19.2 Å². The van der Waals surface area contributed by atoms with Crippen molar-refractivity contribution in [1.29, 1.82) is 0 Å². The first-order chi connectivity index (χ1) is 9.26. The van der Waals surface area contributed by atoms with Crippen LogP contribution in [0.3, 0.4) is 0 Å². The van der Waals surface area contributed by atoms with Crippen LogP contribution in [0.25, 0.3) is 0 Å². The standard InChI is InChI=1S/C13H18INO4S/c1-9(2)8-12(13(16)19-3)15-20(17,18)11-6-4-10(14)5-7-11/h4-7,9,12,15H,8H2,1-3H3/t12-/m0/s1. The van der Waals surface area contributed by atoms with E-state index in [9.17, 15) is 13.2 Å². The van der Waals surface area contributed by atoms with Crippen molar-refractivity contribution in [2.24, 2.45) is 5.92 Å². The average molecular weight is 411 g/mol. The molecular formula is C13H18INO4S. The van der Waals surface area contributed by atoms with Crippen LogP contribution in [0.4, 0.5) is 0 Å². The van der Waals surface area contributed by atoms with Crippen molar-refractivity contribution >= 4 is 38.6 Å². The second-order valence-electron chi connectivity index (χ2n) is 4.78. The molecule has 7 heteroatoms. The van der Waals surface area contributed by atoms with Gasteiger partial charge in [0.2, 0.25) is 10.0 Å². The fourth-order valence-electron chi connectivity index (χ4n) is 1.68. The fourth-order valence-corrected chi connectivity index (χ4v) is 3.23. The Morgan fingerprint density at radius 1 is 1.30 bits per heavy atom. The third-order valence-corrected chi connectivity index (χ3v) is 4.82. The molecule has 0 aliphatic heterocycles. The molecule has 0 aliphatic carbocycles. The van der Waals surface area contributed by atoms with Crippen LogP contribution in [0.5, 0.6) is 0 Å². The Balaban J connectivity index is 2.96. The molecule has 112 valence electrons. The van der Waals surface area contributed by atoms with Gasteiger partial charge in [0.25, 0.3) is 0 Å². The predicted molar refractivity (Wildman–Crippen MR) is 84.7 cm³/mol. The highest BCUT2D eigenvalue weighted by Crippen LogP contribution is 2.14. The van der Waals surface area contributed by atoms with Crippen LogP contribution in [0.15, 0.2) is 29.2 Å². The summed E-state index contributed by atoms with van der Waals surface area (Å²) in [5, 5.41) is 0. The van der Waals surface area contributed by atoms with Crippen molar-refractivity contribution < 1.29 is 17.9 Å². The van der Waals surface area contributed by atoms with Crippen LogP contribution in [0.1, 0.15) is 20.3 Å². The molecule has 5 nitrogen and oxygen atoms in total. The van der Waals surface area contributed by atoms with E-state index < -0.39 is 22.0 Å². The Morgan fingerprint density at radius 2 is 1.85 bits per heavy atom. The van der Waals surface area contributed by atoms with Crippen molar-refractivity contribution in [1.82, 2.24) is 4.72 Å². The quantitative estimate of drug-likeness (QED) is 0.575. The predicted octanol–water partition coefficient (Wildman–Crippen LogP) is 2.16. The van der Waals surface area contributed by atoms with Crippen LogP contribution in [0.2, 0.25) is 0 Å². The molecule has 0 saturated carbocycles. The molecule has 0 bridgehead atoms. The van der Waals surface area contributed by atoms with E-state index in [1.54, 1.807) is 12.1 Å². The Bertz CT molecular complexity index is 554. The molecule has 1 N–H and O–H groups in total. The number of nitrogens with one attached hydrogen (secondary N) is 1. The van der Waals surface area contributed by atoms with Gasteiger partial charge in [0, 0.05) is 3.57 Å². The van der Waals surface area contributed by atoms with Gasteiger partial charge < -0.3 is 4.74 Å². The first-order valence-electron chi connectivity index (χ1n) is 6.12. The molecule has 1 aromatic carbocycles. The molecule has 0 radical (unpaired) electrons. The minimum Gasteiger partial charge on any atom is -0.468 e. The van der Waals surface area contributed by atoms with E-state index in [0.717, 1.165) is 3.57 Å². The van der Waals surface area contributed by atoms with Gasteiger partial charge in [-0.1, -0.05) is 13.8 Å². The molecule has 1 rings (SSSR count). The summed E-state index contributed by atoms with van der Waals surface area (Å²) >= 11 is 2.09. The normalized spacial score (nSPS) is 13.2. The third kappa shape index (κ3) is 5.02. The Kier molecular flexibility index (Phi) is 6.41. The summed E-state index contributed by atoms with van der Waals surface area (Å²) in [4.78, 5) is 11.8. The summed E-state index contributed by atoms with van der Waals surface area (Å²) in [5.41, 5.74) is 0. The van der Waals surface area contributed by atoms with Gasteiger partial charge in [0.05, 0.1) is 12.0 Å². The number of hydrogen-bond acceptors (Lipinski definition) is 4. The van der Waals surface area contributed by atoms with Gasteiger partial charge in [-0.25, -0.2) is 8.42 Å².